The Balaban J connectivity index is 1.92. The lowest BCUT2D eigenvalue weighted by atomic mass is 10.2. The normalized spacial score (nSPS) is 18.8. The SMILES string of the molecule is O=c1c2cc(Cl)cc(Cl)c2ncn1CC[C@H]1CCCO1. The first-order chi connectivity index (χ1) is 9.65. The fourth-order valence-corrected chi connectivity index (χ4v) is 3.05. The van der Waals surface area contributed by atoms with E-state index in [0.29, 0.717) is 27.5 Å². The second kappa shape index (κ2) is 5.72. The van der Waals surface area contributed by atoms with Crippen LogP contribution in [0.1, 0.15) is 19.3 Å². The van der Waals surface area contributed by atoms with Crippen molar-refractivity contribution in [3.05, 3.63) is 38.9 Å². The molecule has 1 fully saturated rings. The van der Waals surface area contributed by atoms with Crippen molar-refractivity contribution in [3.8, 4) is 0 Å². The first kappa shape index (κ1) is 13.9. The van der Waals surface area contributed by atoms with E-state index in [9.17, 15) is 4.79 Å². The molecule has 2 heterocycles. The summed E-state index contributed by atoms with van der Waals surface area (Å²) >= 11 is 12.0. The van der Waals surface area contributed by atoms with Crippen molar-refractivity contribution < 1.29 is 4.74 Å². The lowest BCUT2D eigenvalue weighted by molar-refractivity contribution is 0.100. The van der Waals surface area contributed by atoms with Gasteiger partial charge in [-0.15, -0.1) is 0 Å². The van der Waals surface area contributed by atoms with E-state index >= 15 is 0 Å². The van der Waals surface area contributed by atoms with Crippen molar-refractivity contribution in [1.82, 2.24) is 9.55 Å². The van der Waals surface area contributed by atoms with Crippen LogP contribution in [-0.2, 0) is 11.3 Å². The van der Waals surface area contributed by atoms with Gasteiger partial charge in [-0.2, -0.15) is 0 Å². The van der Waals surface area contributed by atoms with E-state index in [1.807, 2.05) is 0 Å². The molecule has 1 aromatic heterocycles. The van der Waals surface area contributed by atoms with Gasteiger partial charge in [-0.1, -0.05) is 23.2 Å². The summed E-state index contributed by atoms with van der Waals surface area (Å²) in [6, 6.07) is 3.20. The van der Waals surface area contributed by atoms with E-state index in [2.05, 4.69) is 4.98 Å². The predicted octanol–water partition coefficient (Wildman–Crippen LogP) is 3.27. The number of fused-ring (bicyclic) bond motifs is 1. The van der Waals surface area contributed by atoms with Gasteiger partial charge < -0.3 is 4.74 Å². The third kappa shape index (κ3) is 2.68. The molecular weight excluding hydrogens is 299 g/mol. The zero-order chi connectivity index (χ0) is 14.1. The average Bonchev–Trinajstić information content (AvgIpc) is 2.92. The quantitative estimate of drug-likeness (QED) is 0.873. The van der Waals surface area contributed by atoms with Crippen molar-refractivity contribution in [1.29, 1.82) is 0 Å². The van der Waals surface area contributed by atoms with E-state index in [-0.39, 0.29) is 11.7 Å². The van der Waals surface area contributed by atoms with Gasteiger partial charge in [0.25, 0.3) is 5.56 Å². The molecule has 0 saturated carbocycles. The van der Waals surface area contributed by atoms with Gasteiger partial charge in [-0.25, -0.2) is 4.98 Å². The number of aryl methyl sites for hydroxylation is 1. The molecule has 1 aliphatic heterocycles. The molecule has 3 rings (SSSR count). The molecular formula is C14H14Cl2N2O2. The number of nitrogens with zero attached hydrogens (tertiary/aromatic N) is 2. The fraction of sp³-hybridized carbons (Fsp3) is 0.429. The number of ether oxygens (including phenoxy) is 1. The zero-order valence-corrected chi connectivity index (χ0v) is 12.3. The summed E-state index contributed by atoms with van der Waals surface area (Å²) < 4.78 is 7.16. The maximum absolute atomic E-state index is 12.4. The Morgan fingerprint density at radius 3 is 3.00 bits per heavy atom. The second-order valence-corrected chi connectivity index (χ2v) is 5.79. The third-order valence-corrected chi connectivity index (χ3v) is 4.07. The van der Waals surface area contributed by atoms with Crippen LogP contribution in [0, 0.1) is 0 Å². The molecule has 0 spiro atoms. The van der Waals surface area contributed by atoms with Crippen LogP contribution in [0.2, 0.25) is 10.0 Å². The van der Waals surface area contributed by atoms with Crippen LogP contribution in [0.5, 0.6) is 0 Å². The van der Waals surface area contributed by atoms with E-state index in [4.69, 9.17) is 27.9 Å². The minimum atomic E-state index is -0.114. The van der Waals surface area contributed by atoms with Crippen molar-refractivity contribution in [2.75, 3.05) is 6.61 Å². The zero-order valence-electron chi connectivity index (χ0n) is 10.8. The van der Waals surface area contributed by atoms with Crippen LogP contribution in [0.15, 0.2) is 23.3 Å². The summed E-state index contributed by atoms with van der Waals surface area (Å²) in [6.07, 6.45) is 4.77. The molecule has 0 unspecified atom stereocenters. The summed E-state index contributed by atoms with van der Waals surface area (Å²) in [6.45, 7) is 1.41. The molecule has 0 amide bonds. The summed E-state index contributed by atoms with van der Waals surface area (Å²) in [5.74, 6) is 0. The van der Waals surface area contributed by atoms with Gasteiger partial charge in [0.1, 0.15) is 0 Å². The molecule has 1 atom stereocenters. The van der Waals surface area contributed by atoms with E-state index in [0.717, 1.165) is 25.9 Å². The Bertz CT molecular complexity index is 693. The number of hydrogen-bond donors (Lipinski definition) is 0. The van der Waals surface area contributed by atoms with E-state index in [1.165, 1.54) is 0 Å². The predicted molar refractivity (Wildman–Crippen MR) is 79.6 cm³/mol. The van der Waals surface area contributed by atoms with Crippen molar-refractivity contribution in [2.45, 2.75) is 31.9 Å². The van der Waals surface area contributed by atoms with Crippen LogP contribution in [0.25, 0.3) is 10.9 Å². The number of rotatable bonds is 3. The minimum Gasteiger partial charge on any atom is -0.378 e. The molecule has 6 heteroatoms. The summed E-state index contributed by atoms with van der Waals surface area (Å²) in [5.41, 5.74) is 0.381. The molecule has 106 valence electrons. The fourth-order valence-electron chi connectivity index (χ4n) is 2.51. The highest BCUT2D eigenvalue weighted by molar-refractivity contribution is 6.38. The minimum absolute atomic E-state index is 0.114. The number of aromatic nitrogens is 2. The van der Waals surface area contributed by atoms with Gasteiger partial charge in [-0.3, -0.25) is 9.36 Å². The highest BCUT2D eigenvalue weighted by Crippen LogP contribution is 2.24. The first-order valence-electron chi connectivity index (χ1n) is 6.61. The Morgan fingerprint density at radius 1 is 1.40 bits per heavy atom. The molecule has 1 saturated heterocycles. The van der Waals surface area contributed by atoms with Gasteiger partial charge >= 0.3 is 0 Å². The summed E-state index contributed by atoms with van der Waals surface area (Å²) in [7, 11) is 0. The molecule has 1 aromatic carbocycles. The topological polar surface area (TPSA) is 44.1 Å². The largest absolute Gasteiger partial charge is 0.378 e. The molecule has 2 aromatic rings. The van der Waals surface area contributed by atoms with Crippen LogP contribution in [0.3, 0.4) is 0 Å². The summed E-state index contributed by atoms with van der Waals surface area (Å²) in [5, 5.41) is 1.30. The molecule has 0 bridgehead atoms. The second-order valence-electron chi connectivity index (χ2n) is 4.95. The Labute approximate surface area is 126 Å². The average molecular weight is 313 g/mol. The lowest BCUT2D eigenvalue weighted by Crippen LogP contribution is -2.23. The molecule has 0 radical (unpaired) electrons. The van der Waals surface area contributed by atoms with Crippen molar-refractivity contribution in [3.63, 3.8) is 0 Å². The maximum atomic E-state index is 12.4. The van der Waals surface area contributed by atoms with Crippen LogP contribution < -0.4 is 5.56 Å². The van der Waals surface area contributed by atoms with Crippen LogP contribution in [-0.4, -0.2) is 22.3 Å². The Hall–Kier alpha value is -1.10. The van der Waals surface area contributed by atoms with Crippen LogP contribution in [0.4, 0.5) is 0 Å². The van der Waals surface area contributed by atoms with E-state index in [1.54, 1.807) is 23.0 Å². The number of hydrogen-bond acceptors (Lipinski definition) is 3. The molecule has 20 heavy (non-hydrogen) atoms. The Kier molecular flexibility index (Phi) is 3.96. The lowest BCUT2D eigenvalue weighted by Gasteiger charge is -2.11. The summed E-state index contributed by atoms with van der Waals surface area (Å²) in [4.78, 5) is 16.7. The van der Waals surface area contributed by atoms with Gasteiger partial charge in [0, 0.05) is 18.2 Å². The number of benzene rings is 1. The van der Waals surface area contributed by atoms with Gasteiger partial charge in [0.05, 0.1) is 28.4 Å². The highest BCUT2D eigenvalue weighted by atomic mass is 35.5. The molecule has 0 aliphatic carbocycles. The smallest absolute Gasteiger partial charge is 0.261 e. The van der Waals surface area contributed by atoms with Crippen molar-refractivity contribution >= 4 is 34.1 Å². The monoisotopic (exact) mass is 312 g/mol. The molecule has 4 nitrogen and oxygen atoms in total. The molecule has 1 aliphatic rings. The van der Waals surface area contributed by atoms with E-state index < -0.39 is 0 Å². The standard InChI is InChI=1S/C14H14Cl2N2O2/c15-9-6-11-13(12(16)7-9)17-8-18(14(11)19)4-3-10-2-1-5-20-10/h6-8,10H,1-5H2/t10-/m1/s1. The maximum Gasteiger partial charge on any atom is 0.261 e. The van der Waals surface area contributed by atoms with Gasteiger partial charge in [0.2, 0.25) is 0 Å². The number of halogens is 2. The molecule has 0 N–H and O–H groups in total. The van der Waals surface area contributed by atoms with Crippen molar-refractivity contribution in [2.24, 2.45) is 0 Å². The highest BCUT2D eigenvalue weighted by Gasteiger charge is 2.16. The first-order valence-corrected chi connectivity index (χ1v) is 7.36. The third-order valence-electron chi connectivity index (χ3n) is 3.56. The van der Waals surface area contributed by atoms with Crippen LogP contribution >= 0.6 is 23.2 Å². The Morgan fingerprint density at radius 2 is 2.25 bits per heavy atom. The van der Waals surface area contributed by atoms with Gasteiger partial charge in [-0.05, 0) is 31.4 Å². The van der Waals surface area contributed by atoms with Gasteiger partial charge in [0.15, 0.2) is 0 Å².